The maximum atomic E-state index is 14.3. The molecule has 1 saturated heterocycles. The van der Waals surface area contributed by atoms with Gasteiger partial charge < -0.3 is 15.0 Å². The van der Waals surface area contributed by atoms with Crippen molar-refractivity contribution in [2.45, 2.75) is 32.3 Å². The van der Waals surface area contributed by atoms with Crippen LogP contribution in [0.4, 0.5) is 25.1 Å². The molecule has 1 aromatic heterocycles. The smallest absolute Gasteiger partial charge is 0.410 e. The third-order valence-corrected chi connectivity index (χ3v) is 5.30. The molecule has 0 aliphatic carbocycles. The van der Waals surface area contributed by atoms with Gasteiger partial charge in [0.15, 0.2) is 5.82 Å². The molecule has 1 amide bonds. The van der Waals surface area contributed by atoms with Crippen LogP contribution in [0.5, 0.6) is 0 Å². The number of likely N-dealkylation sites (tertiary alicyclic amines) is 1. The van der Waals surface area contributed by atoms with Gasteiger partial charge in [-0.1, -0.05) is 17.7 Å². The molecule has 9 heteroatoms. The van der Waals surface area contributed by atoms with E-state index in [1.165, 1.54) is 12.4 Å². The largest absolute Gasteiger partial charge is 0.444 e. The fraction of sp³-hybridized carbons (Fsp3) is 0.318. The lowest BCUT2D eigenvalue weighted by Gasteiger charge is -2.40. The standard InChI is InChI=1S/C22H21ClF2N4O2/c1-22(2,3)31-21(30)29-9-13(10-29)12-4-6-16-14(8-12)20(27-11-26-16)28-17-7-5-15(24)18(23)19(17)25/h4-8,11,13H,9-10H2,1-3H3,(H,26,27,28). The minimum atomic E-state index is -0.892. The number of anilines is 2. The second-order valence-electron chi connectivity index (χ2n) is 8.43. The van der Waals surface area contributed by atoms with Crippen molar-refractivity contribution in [3.05, 3.63) is 58.9 Å². The molecule has 0 bridgehead atoms. The number of amides is 1. The summed E-state index contributed by atoms with van der Waals surface area (Å²) < 4.78 is 33.2. The van der Waals surface area contributed by atoms with Gasteiger partial charge in [0.2, 0.25) is 0 Å². The minimum absolute atomic E-state index is 0.0107. The van der Waals surface area contributed by atoms with Crippen LogP contribution >= 0.6 is 11.6 Å². The molecule has 6 nitrogen and oxygen atoms in total. The predicted octanol–water partition coefficient (Wildman–Crippen LogP) is 5.64. The number of fused-ring (bicyclic) bond motifs is 1. The van der Waals surface area contributed by atoms with E-state index >= 15 is 0 Å². The lowest BCUT2D eigenvalue weighted by atomic mass is 9.91. The Balaban J connectivity index is 1.56. The molecule has 2 heterocycles. The fourth-order valence-corrected chi connectivity index (χ4v) is 3.51. The topological polar surface area (TPSA) is 67.3 Å². The number of carbonyl (C=O) groups excluding carboxylic acids is 1. The van der Waals surface area contributed by atoms with Crippen LogP contribution in [-0.2, 0) is 4.74 Å². The molecule has 0 radical (unpaired) electrons. The Hall–Kier alpha value is -3.00. The molecule has 4 rings (SSSR count). The molecule has 0 spiro atoms. The third kappa shape index (κ3) is 4.39. The quantitative estimate of drug-likeness (QED) is 0.527. The molecule has 3 aromatic rings. The lowest BCUT2D eigenvalue weighted by Crippen LogP contribution is -2.50. The van der Waals surface area contributed by atoms with Crippen molar-refractivity contribution in [3.8, 4) is 0 Å². The van der Waals surface area contributed by atoms with Crippen molar-refractivity contribution in [2.75, 3.05) is 18.4 Å². The highest BCUT2D eigenvalue weighted by molar-refractivity contribution is 6.31. The van der Waals surface area contributed by atoms with E-state index in [-0.39, 0.29) is 17.7 Å². The number of nitrogens with one attached hydrogen (secondary N) is 1. The molecule has 0 unspecified atom stereocenters. The first-order chi connectivity index (χ1) is 14.6. The second-order valence-corrected chi connectivity index (χ2v) is 8.81. The third-order valence-electron chi connectivity index (χ3n) is 4.95. The number of ether oxygens (including phenoxy) is 1. The van der Waals surface area contributed by atoms with Crippen LogP contribution in [0.2, 0.25) is 5.02 Å². The Labute approximate surface area is 183 Å². The molecule has 1 N–H and O–H groups in total. The van der Waals surface area contributed by atoms with Crippen LogP contribution < -0.4 is 5.32 Å². The van der Waals surface area contributed by atoms with Gasteiger partial charge in [-0.3, -0.25) is 0 Å². The Morgan fingerprint density at radius 3 is 2.65 bits per heavy atom. The van der Waals surface area contributed by atoms with Crippen molar-refractivity contribution in [1.29, 1.82) is 0 Å². The highest BCUT2D eigenvalue weighted by Crippen LogP contribution is 2.33. The van der Waals surface area contributed by atoms with Gasteiger partial charge >= 0.3 is 6.09 Å². The molecule has 1 fully saturated rings. The molecular formula is C22H21ClF2N4O2. The Morgan fingerprint density at radius 2 is 1.94 bits per heavy atom. The van der Waals surface area contributed by atoms with Crippen LogP contribution in [-0.4, -0.2) is 39.7 Å². The molecule has 2 aromatic carbocycles. The average molecular weight is 447 g/mol. The number of benzene rings is 2. The van der Waals surface area contributed by atoms with Crippen LogP contribution in [0.15, 0.2) is 36.7 Å². The molecule has 162 valence electrons. The Bertz CT molecular complexity index is 1160. The van der Waals surface area contributed by atoms with Gasteiger partial charge in [-0.15, -0.1) is 0 Å². The first kappa shape index (κ1) is 21.2. The van der Waals surface area contributed by atoms with Gasteiger partial charge in [-0.2, -0.15) is 0 Å². The summed E-state index contributed by atoms with van der Waals surface area (Å²) in [6.45, 7) is 6.57. The van der Waals surface area contributed by atoms with Crippen LogP contribution in [0.1, 0.15) is 32.3 Å². The Kier molecular flexibility index (Phi) is 5.43. The van der Waals surface area contributed by atoms with Gasteiger partial charge in [0.1, 0.15) is 28.6 Å². The van der Waals surface area contributed by atoms with Crippen molar-refractivity contribution >= 4 is 40.1 Å². The van der Waals surface area contributed by atoms with Gasteiger partial charge in [0, 0.05) is 24.4 Å². The van der Waals surface area contributed by atoms with Gasteiger partial charge in [0.05, 0.1) is 11.2 Å². The zero-order chi connectivity index (χ0) is 22.3. The zero-order valence-corrected chi connectivity index (χ0v) is 18.0. The first-order valence-corrected chi connectivity index (χ1v) is 10.1. The number of aromatic nitrogens is 2. The second kappa shape index (κ2) is 7.92. The minimum Gasteiger partial charge on any atom is -0.444 e. The number of carbonyl (C=O) groups is 1. The summed E-state index contributed by atoms with van der Waals surface area (Å²) in [5.74, 6) is -1.21. The summed E-state index contributed by atoms with van der Waals surface area (Å²) in [5, 5.41) is 2.97. The van der Waals surface area contributed by atoms with Gasteiger partial charge in [-0.25, -0.2) is 23.5 Å². The van der Waals surface area contributed by atoms with E-state index in [1.807, 2.05) is 39.0 Å². The highest BCUT2D eigenvalue weighted by atomic mass is 35.5. The fourth-order valence-electron chi connectivity index (χ4n) is 3.34. The maximum Gasteiger partial charge on any atom is 0.410 e. The number of rotatable bonds is 3. The van der Waals surface area contributed by atoms with E-state index in [1.54, 1.807) is 4.90 Å². The number of hydrogen-bond donors (Lipinski definition) is 1. The van der Waals surface area contributed by atoms with E-state index in [2.05, 4.69) is 15.3 Å². The molecule has 31 heavy (non-hydrogen) atoms. The van der Waals surface area contributed by atoms with E-state index in [0.717, 1.165) is 11.6 Å². The summed E-state index contributed by atoms with van der Waals surface area (Å²) in [7, 11) is 0. The average Bonchev–Trinajstić information content (AvgIpc) is 2.66. The van der Waals surface area contributed by atoms with Crippen molar-refractivity contribution in [2.24, 2.45) is 0 Å². The Morgan fingerprint density at radius 1 is 1.19 bits per heavy atom. The van der Waals surface area contributed by atoms with Gasteiger partial charge in [-0.05, 0) is 50.6 Å². The first-order valence-electron chi connectivity index (χ1n) is 9.75. The normalized spacial score (nSPS) is 14.5. The summed E-state index contributed by atoms with van der Waals surface area (Å²) >= 11 is 5.67. The molecular weight excluding hydrogens is 426 g/mol. The van der Waals surface area contributed by atoms with Crippen LogP contribution in [0, 0.1) is 11.6 Å². The van der Waals surface area contributed by atoms with Crippen molar-refractivity contribution in [3.63, 3.8) is 0 Å². The molecule has 0 atom stereocenters. The van der Waals surface area contributed by atoms with Crippen molar-refractivity contribution in [1.82, 2.24) is 14.9 Å². The molecule has 0 saturated carbocycles. The van der Waals surface area contributed by atoms with E-state index in [0.29, 0.717) is 29.8 Å². The monoisotopic (exact) mass is 446 g/mol. The number of hydrogen-bond acceptors (Lipinski definition) is 5. The van der Waals surface area contributed by atoms with E-state index in [4.69, 9.17) is 16.3 Å². The van der Waals surface area contributed by atoms with Crippen LogP contribution in [0.3, 0.4) is 0 Å². The van der Waals surface area contributed by atoms with E-state index < -0.39 is 22.3 Å². The molecule has 1 aliphatic rings. The number of nitrogens with zero attached hydrogens (tertiary/aromatic N) is 3. The molecule has 1 aliphatic heterocycles. The summed E-state index contributed by atoms with van der Waals surface area (Å²) in [4.78, 5) is 22.3. The number of halogens is 3. The summed E-state index contributed by atoms with van der Waals surface area (Å²) in [6.07, 6.45) is 1.03. The predicted molar refractivity (Wildman–Crippen MR) is 115 cm³/mol. The lowest BCUT2D eigenvalue weighted by molar-refractivity contribution is 0.00820. The van der Waals surface area contributed by atoms with Crippen LogP contribution in [0.25, 0.3) is 10.9 Å². The van der Waals surface area contributed by atoms with Crippen molar-refractivity contribution < 1.29 is 18.3 Å². The van der Waals surface area contributed by atoms with Gasteiger partial charge in [0.25, 0.3) is 0 Å². The maximum absolute atomic E-state index is 14.3. The SMILES string of the molecule is CC(C)(C)OC(=O)N1CC(c2ccc3ncnc(Nc4ccc(F)c(Cl)c4F)c3c2)C1. The van der Waals surface area contributed by atoms with E-state index in [9.17, 15) is 13.6 Å². The summed E-state index contributed by atoms with van der Waals surface area (Å²) in [5.41, 5.74) is 1.14. The zero-order valence-electron chi connectivity index (χ0n) is 17.2. The summed E-state index contributed by atoms with van der Waals surface area (Å²) in [6, 6.07) is 8.06. The highest BCUT2D eigenvalue weighted by Gasteiger charge is 2.34.